The molecular weight excluding hydrogens is 172 g/mol. The molecule has 0 atom stereocenters. The predicted octanol–water partition coefficient (Wildman–Crippen LogP) is 2.67. The van der Waals surface area contributed by atoms with Crippen LogP contribution < -0.4 is 10.6 Å². The van der Waals surface area contributed by atoms with Gasteiger partial charge in [0.25, 0.3) is 0 Å². The van der Waals surface area contributed by atoms with E-state index in [-0.39, 0.29) is 0 Å². The van der Waals surface area contributed by atoms with E-state index in [0.29, 0.717) is 5.92 Å². The highest BCUT2D eigenvalue weighted by molar-refractivity contribution is 5.68. The van der Waals surface area contributed by atoms with Crippen LogP contribution in [0.2, 0.25) is 0 Å². The van der Waals surface area contributed by atoms with Gasteiger partial charge < -0.3 is 10.6 Å². The van der Waals surface area contributed by atoms with Crippen molar-refractivity contribution in [3.05, 3.63) is 23.8 Å². The summed E-state index contributed by atoms with van der Waals surface area (Å²) in [5, 5.41) is 0. The first-order valence-corrected chi connectivity index (χ1v) is 5.08. The lowest BCUT2D eigenvalue weighted by atomic mass is 10.1. The minimum Gasteiger partial charge on any atom is -0.397 e. The van der Waals surface area contributed by atoms with Crippen LogP contribution in [0.5, 0.6) is 0 Å². The molecule has 0 heterocycles. The van der Waals surface area contributed by atoms with Crippen molar-refractivity contribution in [1.29, 1.82) is 0 Å². The second-order valence-corrected chi connectivity index (χ2v) is 4.34. The van der Waals surface area contributed by atoms with E-state index < -0.39 is 0 Å². The third-order valence-electron chi connectivity index (χ3n) is 2.24. The monoisotopic (exact) mass is 192 g/mol. The summed E-state index contributed by atoms with van der Waals surface area (Å²) in [6.07, 6.45) is 0. The Bertz CT molecular complexity index is 305. The molecule has 14 heavy (non-hydrogen) atoms. The minimum absolute atomic E-state index is 0.653. The molecule has 0 amide bonds. The zero-order chi connectivity index (χ0) is 10.7. The van der Waals surface area contributed by atoms with Gasteiger partial charge in [-0.15, -0.1) is 0 Å². The fourth-order valence-electron chi connectivity index (χ4n) is 1.63. The maximum atomic E-state index is 5.92. The molecule has 0 aliphatic rings. The van der Waals surface area contributed by atoms with E-state index in [1.807, 2.05) is 12.1 Å². The third-order valence-corrected chi connectivity index (χ3v) is 2.24. The normalized spacial score (nSPS) is 10.6. The van der Waals surface area contributed by atoms with Gasteiger partial charge in [-0.25, -0.2) is 0 Å². The van der Waals surface area contributed by atoms with Crippen molar-refractivity contribution < 1.29 is 0 Å². The van der Waals surface area contributed by atoms with Crippen molar-refractivity contribution in [2.45, 2.75) is 20.8 Å². The molecule has 0 unspecified atom stereocenters. The predicted molar refractivity (Wildman–Crippen MR) is 63.7 cm³/mol. The van der Waals surface area contributed by atoms with E-state index in [1.54, 1.807) is 0 Å². The summed E-state index contributed by atoms with van der Waals surface area (Å²) in [7, 11) is 2.09. The van der Waals surface area contributed by atoms with Gasteiger partial charge in [0.05, 0.1) is 11.4 Å². The molecule has 2 heteroatoms. The summed E-state index contributed by atoms with van der Waals surface area (Å²) in [6, 6.07) is 6.15. The van der Waals surface area contributed by atoms with Crippen LogP contribution in [0.1, 0.15) is 19.4 Å². The Kier molecular flexibility index (Phi) is 3.39. The molecule has 0 radical (unpaired) electrons. The standard InChI is InChI=1S/C12H20N2/c1-9(2)8-14(4)12-7-10(3)5-6-11(12)13/h5-7,9H,8,13H2,1-4H3. The van der Waals surface area contributed by atoms with Crippen molar-refractivity contribution in [2.75, 3.05) is 24.2 Å². The van der Waals surface area contributed by atoms with Crippen LogP contribution in [-0.2, 0) is 0 Å². The Hall–Kier alpha value is -1.18. The van der Waals surface area contributed by atoms with Gasteiger partial charge in [-0.1, -0.05) is 19.9 Å². The van der Waals surface area contributed by atoms with Crippen molar-refractivity contribution in [3.8, 4) is 0 Å². The van der Waals surface area contributed by atoms with Crippen LogP contribution in [0.3, 0.4) is 0 Å². The molecule has 2 nitrogen and oxygen atoms in total. The molecule has 0 aliphatic carbocycles. The van der Waals surface area contributed by atoms with Crippen LogP contribution in [0.25, 0.3) is 0 Å². The summed E-state index contributed by atoms with van der Waals surface area (Å²) in [5.74, 6) is 0.653. The first kappa shape index (κ1) is 10.9. The highest BCUT2D eigenvalue weighted by Crippen LogP contribution is 2.23. The topological polar surface area (TPSA) is 29.3 Å². The smallest absolute Gasteiger partial charge is 0.0600 e. The molecule has 1 aromatic carbocycles. The fraction of sp³-hybridized carbons (Fsp3) is 0.500. The van der Waals surface area contributed by atoms with E-state index in [4.69, 9.17) is 5.73 Å². The molecule has 0 spiro atoms. The van der Waals surface area contributed by atoms with Crippen LogP contribution in [-0.4, -0.2) is 13.6 Å². The minimum atomic E-state index is 0.653. The number of nitrogen functional groups attached to an aromatic ring is 1. The SMILES string of the molecule is Cc1ccc(N)c(N(C)CC(C)C)c1. The molecular formula is C12H20N2. The third kappa shape index (κ3) is 2.66. The molecule has 0 aliphatic heterocycles. The Balaban J connectivity index is 2.88. The molecule has 1 aromatic rings. The molecule has 2 N–H and O–H groups in total. The lowest BCUT2D eigenvalue weighted by Gasteiger charge is -2.23. The summed E-state index contributed by atoms with van der Waals surface area (Å²) >= 11 is 0. The number of hydrogen-bond acceptors (Lipinski definition) is 2. The number of benzene rings is 1. The second kappa shape index (κ2) is 4.36. The highest BCUT2D eigenvalue weighted by atomic mass is 15.1. The Morgan fingerprint density at radius 2 is 2.00 bits per heavy atom. The average Bonchev–Trinajstić information content (AvgIpc) is 2.08. The van der Waals surface area contributed by atoms with Crippen LogP contribution in [0.15, 0.2) is 18.2 Å². The first-order chi connectivity index (χ1) is 6.50. The average molecular weight is 192 g/mol. The second-order valence-electron chi connectivity index (χ2n) is 4.34. The zero-order valence-electron chi connectivity index (χ0n) is 9.54. The number of aryl methyl sites for hydroxylation is 1. The van der Waals surface area contributed by atoms with Gasteiger partial charge in [-0.05, 0) is 30.5 Å². The molecule has 0 saturated heterocycles. The molecule has 0 bridgehead atoms. The Morgan fingerprint density at radius 3 is 2.57 bits per heavy atom. The van der Waals surface area contributed by atoms with Crippen molar-refractivity contribution >= 4 is 11.4 Å². The van der Waals surface area contributed by atoms with Gasteiger partial charge in [0.15, 0.2) is 0 Å². The van der Waals surface area contributed by atoms with E-state index in [9.17, 15) is 0 Å². The number of nitrogens with zero attached hydrogens (tertiary/aromatic N) is 1. The quantitative estimate of drug-likeness (QED) is 0.746. The van der Waals surface area contributed by atoms with E-state index in [1.165, 1.54) is 5.56 Å². The lowest BCUT2D eigenvalue weighted by Crippen LogP contribution is -2.23. The Morgan fingerprint density at radius 1 is 1.36 bits per heavy atom. The number of anilines is 2. The highest BCUT2D eigenvalue weighted by Gasteiger charge is 2.06. The maximum absolute atomic E-state index is 5.92. The summed E-state index contributed by atoms with van der Waals surface area (Å²) in [6.45, 7) is 7.55. The fourth-order valence-corrected chi connectivity index (χ4v) is 1.63. The number of rotatable bonds is 3. The number of nitrogens with two attached hydrogens (primary N) is 1. The summed E-state index contributed by atoms with van der Waals surface area (Å²) < 4.78 is 0. The molecule has 0 fully saturated rings. The molecule has 0 saturated carbocycles. The van der Waals surface area contributed by atoms with Crippen LogP contribution in [0, 0.1) is 12.8 Å². The van der Waals surface area contributed by atoms with Crippen LogP contribution in [0.4, 0.5) is 11.4 Å². The first-order valence-electron chi connectivity index (χ1n) is 5.08. The van der Waals surface area contributed by atoms with Gasteiger partial charge in [0.2, 0.25) is 0 Å². The van der Waals surface area contributed by atoms with Crippen molar-refractivity contribution in [2.24, 2.45) is 5.92 Å². The zero-order valence-corrected chi connectivity index (χ0v) is 9.54. The lowest BCUT2D eigenvalue weighted by molar-refractivity contribution is 0.639. The van der Waals surface area contributed by atoms with Crippen LogP contribution >= 0.6 is 0 Å². The van der Waals surface area contributed by atoms with Gasteiger partial charge in [-0.2, -0.15) is 0 Å². The summed E-state index contributed by atoms with van der Waals surface area (Å²) in [5.41, 5.74) is 9.18. The Labute approximate surface area is 86.7 Å². The maximum Gasteiger partial charge on any atom is 0.0600 e. The number of hydrogen-bond donors (Lipinski definition) is 1. The molecule has 1 rings (SSSR count). The largest absolute Gasteiger partial charge is 0.397 e. The van der Waals surface area contributed by atoms with Gasteiger partial charge in [0.1, 0.15) is 0 Å². The molecule has 78 valence electrons. The molecule has 0 aromatic heterocycles. The van der Waals surface area contributed by atoms with Crippen molar-refractivity contribution in [1.82, 2.24) is 0 Å². The van der Waals surface area contributed by atoms with E-state index >= 15 is 0 Å². The van der Waals surface area contributed by atoms with E-state index in [0.717, 1.165) is 17.9 Å². The van der Waals surface area contributed by atoms with Gasteiger partial charge in [-0.3, -0.25) is 0 Å². The van der Waals surface area contributed by atoms with E-state index in [2.05, 4.69) is 38.8 Å². The summed E-state index contributed by atoms with van der Waals surface area (Å²) in [4.78, 5) is 2.22. The van der Waals surface area contributed by atoms with Crippen molar-refractivity contribution in [3.63, 3.8) is 0 Å². The van der Waals surface area contributed by atoms with Gasteiger partial charge >= 0.3 is 0 Å². The van der Waals surface area contributed by atoms with Gasteiger partial charge in [0, 0.05) is 13.6 Å².